The number of nitrogens with zero attached hydrogens (tertiary/aromatic N) is 2. The Morgan fingerprint density at radius 2 is 1.81 bits per heavy atom. The molecule has 0 spiro atoms. The number of nitrogens with one attached hydrogen (secondary N) is 1. The molecule has 1 aromatic heterocycles. The maximum absolute atomic E-state index is 12.8. The number of hydrogen-bond acceptors (Lipinski definition) is 3. The Kier molecular flexibility index (Phi) is 5.56. The highest BCUT2D eigenvalue weighted by Gasteiger charge is 2.30. The van der Waals surface area contributed by atoms with Crippen molar-refractivity contribution in [3.63, 3.8) is 0 Å². The number of rotatable bonds is 5. The highest BCUT2D eigenvalue weighted by Crippen LogP contribution is 2.31. The average Bonchev–Trinajstić information content (AvgIpc) is 3.15. The van der Waals surface area contributed by atoms with Gasteiger partial charge in [0.25, 0.3) is 5.91 Å². The first-order chi connectivity index (χ1) is 12.4. The number of hydrogen-bond donors (Lipinski definition) is 1. The van der Waals surface area contributed by atoms with Gasteiger partial charge in [0.2, 0.25) is 0 Å². The minimum Gasteiger partial charge on any atom is -0.351 e. The number of pyridine rings is 1. The molecule has 3 rings (SSSR count). The summed E-state index contributed by atoms with van der Waals surface area (Å²) in [7, 11) is 0. The van der Waals surface area contributed by atoms with E-state index >= 15 is 0 Å². The van der Waals surface area contributed by atoms with Gasteiger partial charge in [0.1, 0.15) is 0 Å². The van der Waals surface area contributed by atoms with Gasteiger partial charge in [-0.15, -0.1) is 0 Å². The van der Waals surface area contributed by atoms with Crippen LogP contribution in [0.25, 0.3) is 11.3 Å². The fourth-order valence-electron chi connectivity index (χ4n) is 2.99. The molecule has 1 N–H and O–H groups in total. The number of likely N-dealkylation sites (tertiary alicyclic amines) is 1. The first kappa shape index (κ1) is 18.4. The molecule has 26 heavy (non-hydrogen) atoms. The molecule has 4 nitrogen and oxygen atoms in total. The molecule has 1 aliphatic heterocycles. The van der Waals surface area contributed by atoms with E-state index in [1.54, 1.807) is 24.3 Å². The van der Waals surface area contributed by atoms with Crippen molar-refractivity contribution < 1.29 is 18.0 Å². The van der Waals surface area contributed by atoms with Crippen molar-refractivity contribution in [1.29, 1.82) is 0 Å². The summed E-state index contributed by atoms with van der Waals surface area (Å²) in [5, 5.41) is 2.87. The lowest BCUT2D eigenvalue weighted by molar-refractivity contribution is -0.137. The van der Waals surface area contributed by atoms with Gasteiger partial charge in [0.15, 0.2) is 0 Å². The largest absolute Gasteiger partial charge is 0.416 e. The third-order valence-electron chi connectivity index (χ3n) is 4.44. The van der Waals surface area contributed by atoms with Gasteiger partial charge in [-0.05, 0) is 50.2 Å². The lowest BCUT2D eigenvalue weighted by Gasteiger charge is -2.14. The molecule has 1 fully saturated rings. The van der Waals surface area contributed by atoms with E-state index in [1.165, 1.54) is 12.8 Å². The summed E-state index contributed by atoms with van der Waals surface area (Å²) in [5.74, 6) is -0.187. The predicted molar refractivity (Wildman–Crippen MR) is 92.7 cm³/mol. The Labute approximate surface area is 150 Å². The van der Waals surface area contributed by atoms with Crippen LogP contribution in [-0.4, -0.2) is 42.0 Å². The van der Waals surface area contributed by atoms with Gasteiger partial charge < -0.3 is 10.2 Å². The molecule has 2 heterocycles. The first-order valence-corrected chi connectivity index (χ1v) is 8.58. The predicted octanol–water partition coefficient (Wildman–Crippen LogP) is 3.59. The van der Waals surface area contributed by atoms with Crippen LogP contribution in [0.1, 0.15) is 28.8 Å². The molecule has 2 aromatic rings. The highest BCUT2D eigenvalue weighted by molar-refractivity contribution is 5.94. The monoisotopic (exact) mass is 363 g/mol. The summed E-state index contributed by atoms with van der Waals surface area (Å²) in [5.41, 5.74) is 0.485. The van der Waals surface area contributed by atoms with Crippen LogP contribution in [0.5, 0.6) is 0 Å². The Morgan fingerprint density at radius 1 is 1.12 bits per heavy atom. The van der Waals surface area contributed by atoms with Crippen LogP contribution in [0.15, 0.2) is 42.6 Å². The van der Waals surface area contributed by atoms with Gasteiger partial charge in [-0.25, -0.2) is 0 Å². The number of amides is 1. The Morgan fingerprint density at radius 3 is 2.46 bits per heavy atom. The molecule has 0 saturated carbocycles. The number of alkyl halides is 3. The molecule has 1 aromatic carbocycles. The normalized spacial score (nSPS) is 15.2. The van der Waals surface area contributed by atoms with Crippen molar-refractivity contribution >= 4 is 5.91 Å². The molecule has 0 aliphatic carbocycles. The highest BCUT2D eigenvalue weighted by atomic mass is 19.4. The summed E-state index contributed by atoms with van der Waals surface area (Å²) in [6, 6.07) is 8.36. The molecule has 0 bridgehead atoms. The topological polar surface area (TPSA) is 45.2 Å². The molecule has 0 radical (unpaired) electrons. The van der Waals surface area contributed by atoms with E-state index in [4.69, 9.17) is 0 Å². The smallest absolute Gasteiger partial charge is 0.351 e. The van der Waals surface area contributed by atoms with Crippen LogP contribution in [0.2, 0.25) is 0 Å². The van der Waals surface area contributed by atoms with E-state index in [9.17, 15) is 18.0 Å². The zero-order valence-corrected chi connectivity index (χ0v) is 14.2. The maximum Gasteiger partial charge on any atom is 0.416 e. The lowest BCUT2D eigenvalue weighted by atomic mass is 10.1. The molecule has 1 aliphatic rings. The van der Waals surface area contributed by atoms with Gasteiger partial charge >= 0.3 is 6.18 Å². The third-order valence-corrected chi connectivity index (χ3v) is 4.44. The third kappa shape index (κ3) is 4.60. The summed E-state index contributed by atoms with van der Waals surface area (Å²) in [6.07, 6.45) is -0.859. The van der Waals surface area contributed by atoms with Gasteiger partial charge in [0, 0.05) is 30.4 Å². The Hall–Kier alpha value is -2.41. The molecule has 1 saturated heterocycles. The van der Waals surface area contributed by atoms with E-state index in [2.05, 4.69) is 15.2 Å². The number of aromatic nitrogens is 1. The summed E-state index contributed by atoms with van der Waals surface area (Å²) >= 11 is 0. The van der Waals surface area contributed by atoms with Gasteiger partial charge in [-0.1, -0.05) is 12.1 Å². The van der Waals surface area contributed by atoms with Crippen molar-refractivity contribution in [2.24, 2.45) is 0 Å². The number of benzene rings is 1. The zero-order valence-electron chi connectivity index (χ0n) is 14.2. The molecular weight excluding hydrogens is 343 g/mol. The zero-order chi connectivity index (χ0) is 18.6. The average molecular weight is 363 g/mol. The summed E-state index contributed by atoms with van der Waals surface area (Å²) in [6.45, 7) is 3.57. The van der Waals surface area contributed by atoms with Crippen molar-refractivity contribution in [1.82, 2.24) is 15.2 Å². The molecule has 138 valence electrons. The van der Waals surface area contributed by atoms with E-state index in [1.807, 2.05) is 0 Å². The van der Waals surface area contributed by atoms with E-state index in [-0.39, 0.29) is 11.6 Å². The summed E-state index contributed by atoms with van der Waals surface area (Å²) < 4.78 is 38.4. The van der Waals surface area contributed by atoms with Crippen molar-refractivity contribution in [3.8, 4) is 11.3 Å². The standard InChI is InChI=1S/C19H20F3N3O/c20-19(21,22)16-7-8-23-17(13-16)14-3-5-15(6-4-14)18(26)24-9-12-25-10-1-2-11-25/h3-8,13H,1-2,9-12H2,(H,24,26). The Balaban J connectivity index is 1.61. The Bertz CT molecular complexity index is 753. The van der Waals surface area contributed by atoms with Crippen LogP contribution >= 0.6 is 0 Å². The van der Waals surface area contributed by atoms with Crippen molar-refractivity contribution in [2.45, 2.75) is 19.0 Å². The van der Waals surface area contributed by atoms with Crippen LogP contribution in [0.4, 0.5) is 13.2 Å². The van der Waals surface area contributed by atoms with Crippen molar-refractivity contribution in [2.75, 3.05) is 26.2 Å². The molecule has 7 heteroatoms. The fourth-order valence-corrected chi connectivity index (χ4v) is 2.99. The van der Waals surface area contributed by atoms with Crippen LogP contribution in [0, 0.1) is 0 Å². The van der Waals surface area contributed by atoms with E-state index in [0.717, 1.165) is 38.0 Å². The fraction of sp³-hybridized carbons (Fsp3) is 0.368. The molecule has 0 atom stereocenters. The van der Waals surface area contributed by atoms with Crippen molar-refractivity contribution in [3.05, 3.63) is 53.7 Å². The van der Waals surface area contributed by atoms with Crippen LogP contribution in [-0.2, 0) is 6.18 Å². The first-order valence-electron chi connectivity index (χ1n) is 8.58. The second kappa shape index (κ2) is 7.86. The van der Waals surface area contributed by atoms with Gasteiger partial charge in [0.05, 0.1) is 11.3 Å². The van der Waals surface area contributed by atoms with Crippen LogP contribution < -0.4 is 5.32 Å². The quantitative estimate of drug-likeness (QED) is 0.883. The van der Waals surface area contributed by atoms with Crippen LogP contribution in [0.3, 0.4) is 0 Å². The molecule has 0 unspecified atom stereocenters. The van der Waals surface area contributed by atoms with Gasteiger partial charge in [-0.3, -0.25) is 9.78 Å². The number of halogens is 3. The van der Waals surface area contributed by atoms with E-state index < -0.39 is 11.7 Å². The number of carbonyl (C=O) groups is 1. The molecule has 1 amide bonds. The number of carbonyl (C=O) groups excluding carboxylic acids is 1. The minimum atomic E-state index is -4.41. The minimum absolute atomic E-state index is 0.187. The lowest BCUT2D eigenvalue weighted by Crippen LogP contribution is -2.33. The van der Waals surface area contributed by atoms with E-state index in [0.29, 0.717) is 17.7 Å². The SMILES string of the molecule is O=C(NCCN1CCCC1)c1ccc(-c2cc(C(F)(F)F)ccn2)cc1. The second-order valence-corrected chi connectivity index (χ2v) is 6.31. The maximum atomic E-state index is 12.8. The summed E-state index contributed by atoms with van der Waals surface area (Å²) in [4.78, 5) is 18.5. The van der Waals surface area contributed by atoms with Gasteiger partial charge in [-0.2, -0.15) is 13.2 Å². The molecular formula is C19H20F3N3O. The second-order valence-electron chi connectivity index (χ2n) is 6.31.